The molecule has 3 aromatic rings. The van der Waals surface area contributed by atoms with E-state index in [1.54, 1.807) is 0 Å². The van der Waals surface area contributed by atoms with Crippen molar-refractivity contribution in [3.05, 3.63) is 60.2 Å². The van der Waals surface area contributed by atoms with E-state index in [2.05, 4.69) is 52.0 Å². The van der Waals surface area contributed by atoms with Gasteiger partial charge in [0, 0.05) is 13.1 Å². The van der Waals surface area contributed by atoms with E-state index in [0.717, 1.165) is 35.8 Å². The van der Waals surface area contributed by atoms with Gasteiger partial charge in [0.1, 0.15) is 0 Å². The van der Waals surface area contributed by atoms with Gasteiger partial charge in [0.05, 0.1) is 22.8 Å². The molecule has 5 nitrogen and oxygen atoms in total. The monoisotopic (exact) mass is 408 g/mol. The third kappa shape index (κ3) is 4.65. The number of nitrogens with one attached hydrogen (secondary N) is 1. The summed E-state index contributed by atoms with van der Waals surface area (Å²) in [6.45, 7) is 5.80. The molecular weight excluding hydrogens is 380 g/mol. The van der Waals surface area contributed by atoms with Crippen molar-refractivity contribution in [1.82, 2.24) is 19.8 Å². The van der Waals surface area contributed by atoms with E-state index in [4.69, 9.17) is 4.98 Å². The molecular formula is C23H28N4OS. The molecule has 1 aromatic heterocycles. The number of hydrogen-bond donors (Lipinski definition) is 1. The lowest BCUT2D eigenvalue weighted by Crippen LogP contribution is -2.37. The minimum Gasteiger partial charge on any atom is -0.353 e. The summed E-state index contributed by atoms with van der Waals surface area (Å²) in [5.41, 5.74) is 3.38. The maximum Gasteiger partial charge on any atom is 0.230 e. The molecule has 0 aliphatic carbocycles. The standard InChI is InChI=1S/C23H28N4OS/c1-2-27-20-13-7-6-12-19(20)25-23(27)29-17-22(28)24-16-21(26-14-8-9-15-26)18-10-4-3-5-11-18/h3-7,10-13,21H,2,8-9,14-17H2,1H3,(H,24,28). The van der Waals surface area contributed by atoms with E-state index < -0.39 is 0 Å². The predicted octanol–water partition coefficient (Wildman–Crippen LogP) is 4.10. The normalized spacial score (nSPS) is 15.6. The average Bonchev–Trinajstić information content (AvgIpc) is 3.41. The Morgan fingerprint density at radius 3 is 2.59 bits per heavy atom. The fourth-order valence-corrected chi connectivity index (χ4v) is 4.96. The summed E-state index contributed by atoms with van der Waals surface area (Å²) in [5, 5.41) is 4.07. The fourth-order valence-electron chi connectivity index (χ4n) is 4.05. The predicted molar refractivity (Wildman–Crippen MR) is 119 cm³/mol. The van der Waals surface area contributed by atoms with Crippen LogP contribution in [0.2, 0.25) is 0 Å². The van der Waals surface area contributed by atoms with Gasteiger partial charge in [-0.3, -0.25) is 9.69 Å². The van der Waals surface area contributed by atoms with E-state index in [9.17, 15) is 4.79 Å². The lowest BCUT2D eigenvalue weighted by Gasteiger charge is -2.28. The summed E-state index contributed by atoms with van der Waals surface area (Å²) < 4.78 is 2.17. The van der Waals surface area contributed by atoms with Crippen LogP contribution in [0.25, 0.3) is 11.0 Å². The molecule has 1 fully saturated rings. The highest BCUT2D eigenvalue weighted by atomic mass is 32.2. The summed E-state index contributed by atoms with van der Waals surface area (Å²) in [5.74, 6) is 0.440. The Bertz CT molecular complexity index is 950. The molecule has 1 atom stereocenters. The summed E-state index contributed by atoms with van der Waals surface area (Å²) in [6, 6.07) is 18.9. The summed E-state index contributed by atoms with van der Waals surface area (Å²) >= 11 is 1.51. The molecule has 1 aliphatic rings. The second kappa shape index (κ2) is 9.46. The van der Waals surface area contributed by atoms with Gasteiger partial charge in [0.2, 0.25) is 5.91 Å². The maximum absolute atomic E-state index is 12.6. The highest BCUT2D eigenvalue weighted by molar-refractivity contribution is 7.99. The van der Waals surface area contributed by atoms with Crippen LogP contribution in [-0.4, -0.2) is 45.7 Å². The van der Waals surface area contributed by atoms with Crippen LogP contribution in [-0.2, 0) is 11.3 Å². The van der Waals surface area contributed by atoms with Gasteiger partial charge < -0.3 is 9.88 Å². The number of aromatic nitrogens is 2. The Labute approximate surface area is 176 Å². The molecule has 1 saturated heterocycles. The number of likely N-dealkylation sites (tertiary alicyclic amines) is 1. The quantitative estimate of drug-likeness (QED) is 0.570. The van der Waals surface area contributed by atoms with Gasteiger partial charge in [-0.15, -0.1) is 0 Å². The first-order chi connectivity index (χ1) is 14.3. The molecule has 2 heterocycles. The first-order valence-electron chi connectivity index (χ1n) is 10.4. The fraction of sp³-hybridized carbons (Fsp3) is 0.391. The third-order valence-electron chi connectivity index (χ3n) is 5.53. The first kappa shape index (κ1) is 20.0. The number of nitrogens with zero attached hydrogens (tertiary/aromatic N) is 3. The lowest BCUT2D eigenvalue weighted by molar-refractivity contribution is -0.118. The Morgan fingerprint density at radius 2 is 1.83 bits per heavy atom. The highest BCUT2D eigenvalue weighted by Gasteiger charge is 2.24. The number of carbonyl (C=O) groups is 1. The molecule has 152 valence electrons. The number of carbonyl (C=O) groups excluding carboxylic acids is 1. The van der Waals surface area contributed by atoms with E-state index in [1.165, 1.54) is 30.2 Å². The van der Waals surface area contributed by atoms with Crippen LogP contribution in [0.15, 0.2) is 59.8 Å². The first-order valence-corrected chi connectivity index (χ1v) is 11.4. The molecule has 4 rings (SSSR count). The van der Waals surface area contributed by atoms with Crippen molar-refractivity contribution in [3.8, 4) is 0 Å². The Kier molecular flexibility index (Phi) is 6.52. The van der Waals surface area contributed by atoms with Crippen molar-refractivity contribution in [1.29, 1.82) is 0 Å². The molecule has 6 heteroatoms. The van der Waals surface area contributed by atoms with Gasteiger partial charge in [-0.05, 0) is 50.6 Å². The van der Waals surface area contributed by atoms with Gasteiger partial charge in [-0.25, -0.2) is 4.98 Å². The van der Waals surface area contributed by atoms with Crippen molar-refractivity contribution >= 4 is 28.7 Å². The maximum atomic E-state index is 12.6. The third-order valence-corrected chi connectivity index (χ3v) is 6.50. The second-order valence-corrected chi connectivity index (χ2v) is 8.33. The average molecular weight is 409 g/mol. The van der Waals surface area contributed by atoms with Gasteiger partial charge >= 0.3 is 0 Å². The molecule has 2 aromatic carbocycles. The van der Waals surface area contributed by atoms with Crippen LogP contribution in [0.5, 0.6) is 0 Å². The highest BCUT2D eigenvalue weighted by Crippen LogP contribution is 2.25. The van der Waals surface area contributed by atoms with Gasteiger partial charge in [-0.1, -0.05) is 54.2 Å². The molecule has 29 heavy (non-hydrogen) atoms. The number of benzene rings is 2. The van der Waals surface area contributed by atoms with Crippen LogP contribution < -0.4 is 5.32 Å². The van der Waals surface area contributed by atoms with Crippen molar-refractivity contribution in [3.63, 3.8) is 0 Å². The Morgan fingerprint density at radius 1 is 1.10 bits per heavy atom. The Balaban J connectivity index is 1.38. The Hall–Kier alpha value is -2.31. The number of imidazole rings is 1. The van der Waals surface area contributed by atoms with Gasteiger partial charge in [0.25, 0.3) is 0 Å². The summed E-state index contributed by atoms with van der Waals surface area (Å²) in [6.07, 6.45) is 2.47. The van der Waals surface area contributed by atoms with E-state index in [-0.39, 0.29) is 11.9 Å². The zero-order chi connectivity index (χ0) is 20.1. The zero-order valence-corrected chi connectivity index (χ0v) is 17.7. The topological polar surface area (TPSA) is 50.2 Å². The zero-order valence-electron chi connectivity index (χ0n) is 16.9. The van der Waals surface area contributed by atoms with Gasteiger partial charge in [-0.2, -0.15) is 0 Å². The number of aryl methyl sites for hydroxylation is 1. The van der Waals surface area contributed by atoms with Crippen molar-refractivity contribution in [2.75, 3.05) is 25.4 Å². The van der Waals surface area contributed by atoms with Crippen LogP contribution in [0.4, 0.5) is 0 Å². The number of fused-ring (bicyclic) bond motifs is 1. The van der Waals surface area contributed by atoms with Crippen molar-refractivity contribution in [2.45, 2.75) is 37.5 Å². The van der Waals surface area contributed by atoms with Crippen LogP contribution >= 0.6 is 11.8 Å². The number of thioether (sulfide) groups is 1. The summed E-state index contributed by atoms with van der Waals surface area (Å²) in [7, 11) is 0. The number of rotatable bonds is 8. The molecule has 0 radical (unpaired) electrons. The van der Waals surface area contributed by atoms with E-state index in [0.29, 0.717) is 12.3 Å². The molecule has 0 spiro atoms. The molecule has 1 unspecified atom stereocenters. The van der Waals surface area contributed by atoms with E-state index in [1.807, 2.05) is 24.3 Å². The van der Waals surface area contributed by atoms with Gasteiger partial charge in [0.15, 0.2) is 5.16 Å². The number of amides is 1. The SMILES string of the molecule is CCn1c(SCC(=O)NCC(c2ccccc2)N2CCCC2)nc2ccccc21. The largest absolute Gasteiger partial charge is 0.353 e. The van der Waals surface area contributed by atoms with E-state index >= 15 is 0 Å². The van der Waals surface area contributed by atoms with Crippen molar-refractivity contribution < 1.29 is 4.79 Å². The minimum atomic E-state index is 0.0600. The summed E-state index contributed by atoms with van der Waals surface area (Å²) in [4.78, 5) is 19.8. The number of para-hydroxylation sites is 2. The second-order valence-electron chi connectivity index (χ2n) is 7.39. The van der Waals surface area contributed by atoms with Crippen LogP contribution in [0, 0.1) is 0 Å². The molecule has 1 N–H and O–H groups in total. The molecule has 0 bridgehead atoms. The van der Waals surface area contributed by atoms with Crippen LogP contribution in [0.1, 0.15) is 31.4 Å². The van der Waals surface area contributed by atoms with Crippen molar-refractivity contribution in [2.24, 2.45) is 0 Å². The molecule has 1 amide bonds. The lowest BCUT2D eigenvalue weighted by atomic mass is 10.1. The molecule has 0 saturated carbocycles. The number of hydrogen-bond acceptors (Lipinski definition) is 4. The molecule has 1 aliphatic heterocycles. The smallest absolute Gasteiger partial charge is 0.230 e. The minimum absolute atomic E-state index is 0.0600. The van der Waals surface area contributed by atoms with Crippen LogP contribution in [0.3, 0.4) is 0 Å².